The van der Waals surface area contributed by atoms with Crippen molar-refractivity contribution in [1.29, 1.82) is 0 Å². The Kier molecular flexibility index (Phi) is 3.37. The molecule has 0 saturated carbocycles. The first-order valence-corrected chi connectivity index (χ1v) is 5.87. The van der Waals surface area contributed by atoms with Gasteiger partial charge in [0, 0.05) is 6.20 Å². The number of benzene rings is 1. The molecule has 1 aromatic carbocycles. The van der Waals surface area contributed by atoms with Gasteiger partial charge in [-0.1, -0.05) is 18.2 Å². The Hall–Kier alpha value is -0.880. The van der Waals surface area contributed by atoms with Crippen LogP contribution in [0.1, 0.15) is 5.56 Å². The molecule has 0 radical (unpaired) electrons. The normalized spacial score (nSPS) is 10.5. The Balaban J connectivity index is 2.42. The second-order valence-electron chi connectivity index (χ2n) is 3.27. The molecular formula is C11H12IN3. The Morgan fingerprint density at radius 3 is 2.80 bits per heavy atom. The first kappa shape index (κ1) is 10.6. The van der Waals surface area contributed by atoms with Crippen LogP contribution in [0, 0.1) is 3.57 Å². The number of para-hydroxylation sites is 1. The Labute approximate surface area is 102 Å². The zero-order chi connectivity index (χ0) is 10.7. The van der Waals surface area contributed by atoms with Gasteiger partial charge in [-0.05, 0) is 47.2 Å². The molecular weight excluding hydrogens is 301 g/mol. The van der Waals surface area contributed by atoms with E-state index in [0.717, 1.165) is 15.7 Å². The quantitative estimate of drug-likeness (QED) is 0.881. The van der Waals surface area contributed by atoms with E-state index < -0.39 is 0 Å². The van der Waals surface area contributed by atoms with Gasteiger partial charge in [-0.2, -0.15) is 5.10 Å². The minimum absolute atomic E-state index is 0.662. The molecule has 1 heterocycles. The number of nitrogens with two attached hydrogens (primary N) is 1. The maximum atomic E-state index is 5.58. The summed E-state index contributed by atoms with van der Waals surface area (Å²) in [5, 5.41) is 4.30. The highest BCUT2D eigenvalue weighted by atomic mass is 127. The van der Waals surface area contributed by atoms with E-state index >= 15 is 0 Å². The van der Waals surface area contributed by atoms with Gasteiger partial charge in [-0.3, -0.25) is 0 Å². The van der Waals surface area contributed by atoms with E-state index in [2.05, 4.69) is 39.8 Å². The Morgan fingerprint density at radius 2 is 2.13 bits per heavy atom. The molecule has 0 spiro atoms. The van der Waals surface area contributed by atoms with E-state index in [1.807, 2.05) is 29.2 Å². The zero-order valence-electron chi connectivity index (χ0n) is 8.23. The number of hydrogen-bond acceptors (Lipinski definition) is 2. The molecule has 78 valence electrons. The smallest absolute Gasteiger partial charge is 0.0678 e. The summed E-state index contributed by atoms with van der Waals surface area (Å²) in [6, 6.07) is 8.21. The van der Waals surface area contributed by atoms with Gasteiger partial charge in [0.25, 0.3) is 0 Å². The summed E-state index contributed by atoms with van der Waals surface area (Å²) >= 11 is 2.25. The number of nitrogens with zero attached hydrogens (tertiary/aromatic N) is 2. The maximum Gasteiger partial charge on any atom is 0.0678 e. The summed E-state index contributed by atoms with van der Waals surface area (Å²) in [7, 11) is 0. The number of halogens is 1. The number of aromatic nitrogens is 2. The third-order valence-electron chi connectivity index (χ3n) is 2.20. The highest BCUT2D eigenvalue weighted by Crippen LogP contribution is 2.15. The van der Waals surface area contributed by atoms with Crippen molar-refractivity contribution in [2.75, 3.05) is 6.54 Å². The fraction of sp³-hybridized carbons (Fsp3) is 0.182. The molecule has 15 heavy (non-hydrogen) atoms. The van der Waals surface area contributed by atoms with Gasteiger partial charge in [-0.25, -0.2) is 4.68 Å². The van der Waals surface area contributed by atoms with Gasteiger partial charge in [0.2, 0.25) is 0 Å². The van der Waals surface area contributed by atoms with Crippen LogP contribution in [0.25, 0.3) is 5.69 Å². The lowest BCUT2D eigenvalue weighted by Gasteiger charge is -2.07. The van der Waals surface area contributed by atoms with Crippen LogP contribution < -0.4 is 5.73 Å². The first-order valence-electron chi connectivity index (χ1n) is 4.80. The second kappa shape index (κ2) is 4.76. The molecule has 0 aliphatic carbocycles. The van der Waals surface area contributed by atoms with Gasteiger partial charge in [0.1, 0.15) is 0 Å². The van der Waals surface area contributed by atoms with Crippen LogP contribution in [0.3, 0.4) is 0 Å². The van der Waals surface area contributed by atoms with Crippen LogP contribution in [0.5, 0.6) is 0 Å². The highest BCUT2D eigenvalue weighted by molar-refractivity contribution is 14.1. The van der Waals surface area contributed by atoms with Crippen LogP contribution >= 0.6 is 22.6 Å². The lowest BCUT2D eigenvalue weighted by Crippen LogP contribution is -2.06. The van der Waals surface area contributed by atoms with E-state index in [1.165, 1.54) is 5.56 Å². The predicted molar refractivity (Wildman–Crippen MR) is 69.0 cm³/mol. The largest absolute Gasteiger partial charge is 0.330 e. The van der Waals surface area contributed by atoms with E-state index in [9.17, 15) is 0 Å². The predicted octanol–water partition coefficient (Wildman–Crippen LogP) is 1.98. The van der Waals surface area contributed by atoms with E-state index in [0.29, 0.717) is 6.54 Å². The molecule has 4 heteroatoms. The Morgan fingerprint density at radius 1 is 1.33 bits per heavy atom. The Bertz CT molecular complexity index is 451. The minimum atomic E-state index is 0.662. The summed E-state index contributed by atoms with van der Waals surface area (Å²) in [6.45, 7) is 0.662. The number of hydrogen-bond donors (Lipinski definition) is 1. The van der Waals surface area contributed by atoms with Gasteiger partial charge in [0.15, 0.2) is 0 Å². The van der Waals surface area contributed by atoms with Crippen molar-refractivity contribution >= 4 is 22.6 Å². The van der Waals surface area contributed by atoms with Gasteiger partial charge < -0.3 is 5.73 Å². The first-order chi connectivity index (χ1) is 7.31. The lowest BCUT2D eigenvalue weighted by molar-refractivity contribution is 0.850. The summed E-state index contributed by atoms with van der Waals surface area (Å²) < 4.78 is 3.03. The molecule has 0 unspecified atom stereocenters. The van der Waals surface area contributed by atoms with E-state index in [4.69, 9.17) is 5.73 Å². The van der Waals surface area contributed by atoms with Crippen molar-refractivity contribution in [2.45, 2.75) is 6.42 Å². The molecule has 2 aromatic rings. The van der Waals surface area contributed by atoms with Crippen LogP contribution in [0.15, 0.2) is 36.7 Å². The van der Waals surface area contributed by atoms with Gasteiger partial charge in [0.05, 0.1) is 15.5 Å². The van der Waals surface area contributed by atoms with Crippen molar-refractivity contribution in [2.24, 2.45) is 5.73 Å². The fourth-order valence-electron chi connectivity index (χ4n) is 1.53. The van der Waals surface area contributed by atoms with Crippen molar-refractivity contribution in [1.82, 2.24) is 9.78 Å². The van der Waals surface area contributed by atoms with Gasteiger partial charge in [-0.15, -0.1) is 0 Å². The van der Waals surface area contributed by atoms with E-state index in [-0.39, 0.29) is 0 Å². The molecule has 3 nitrogen and oxygen atoms in total. The van der Waals surface area contributed by atoms with Crippen molar-refractivity contribution in [3.05, 3.63) is 45.8 Å². The molecule has 0 bridgehead atoms. The van der Waals surface area contributed by atoms with Crippen molar-refractivity contribution in [3.63, 3.8) is 0 Å². The number of rotatable bonds is 3. The maximum absolute atomic E-state index is 5.58. The fourth-order valence-corrected chi connectivity index (χ4v) is 1.92. The van der Waals surface area contributed by atoms with Crippen molar-refractivity contribution < 1.29 is 0 Å². The SMILES string of the molecule is NCCc1ccccc1-n1cc(I)cn1. The topological polar surface area (TPSA) is 43.8 Å². The van der Waals surface area contributed by atoms with Crippen LogP contribution in [-0.4, -0.2) is 16.3 Å². The summed E-state index contributed by atoms with van der Waals surface area (Å²) in [6.07, 6.45) is 4.74. The standard InChI is InChI=1S/C11H12IN3/c12-10-7-14-15(8-10)11-4-2-1-3-9(11)5-6-13/h1-4,7-8H,5-6,13H2. The molecule has 0 saturated heterocycles. The molecule has 2 N–H and O–H groups in total. The molecule has 0 aliphatic heterocycles. The average molecular weight is 313 g/mol. The molecule has 0 amide bonds. The summed E-state index contributed by atoms with van der Waals surface area (Å²) in [4.78, 5) is 0. The van der Waals surface area contributed by atoms with E-state index in [1.54, 1.807) is 0 Å². The highest BCUT2D eigenvalue weighted by Gasteiger charge is 2.04. The molecule has 1 aromatic heterocycles. The molecule has 0 fully saturated rings. The van der Waals surface area contributed by atoms with Crippen LogP contribution in [0.4, 0.5) is 0 Å². The second-order valence-corrected chi connectivity index (χ2v) is 4.52. The zero-order valence-corrected chi connectivity index (χ0v) is 10.4. The third kappa shape index (κ3) is 2.38. The monoisotopic (exact) mass is 313 g/mol. The lowest BCUT2D eigenvalue weighted by atomic mass is 10.1. The summed E-state index contributed by atoms with van der Waals surface area (Å²) in [5.41, 5.74) is 7.93. The van der Waals surface area contributed by atoms with Crippen LogP contribution in [0.2, 0.25) is 0 Å². The third-order valence-corrected chi connectivity index (χ3v) is 2.76. The molecule has 0 aliphatic rings. The summed E-state index contributed by atoms with van der Waals surface area (Å²) in [5.74, 6) is 0. The van der Waals surface area contributed by atoms with Crippen LogP contribution in [-0.2, 0) is 6.42 Å². The average Bonchev–Trinajstić information content (AvgIpc) is 2.66. The molecule has 0 atom stereocenters. The molecule has 2 rings (SSSR count). The minimum Gasteiger partial charge on any atom is -0.330 e. The van der Waals surface area contributed by atoms with Gasteiger partial charge >= 0.3 is 0 Å². The van der Waals surface area contributed by atoms with Crippen molar-refractivity contribution in [3.8, 4) is 5.69 Å².